The van der Waals surface area contributed by atoms with E-state index < -0.39 is 11.9 Å². The first-order valence-corrected chi connectivity index (χ1v) is 8.90. The summed E-state index contributed by atoms with van der Waals surface area (Å²) in [7, 11) is 0. The maximum Gasteiger partial charge on any atom is 0.414 e. The van der Waals surface area contributed by atoms with Crippen LogP contribution >= 0.6 is 11.3 Å². The zero-order chi connectivity index (χ0) is 19.6. The van der Waals surface area contributed by atoms with E-state index in [2.05, 4.69) is 27.8 Å². The molecule has 0 saturated heterocycles. The summed E-state index contributed by atoms with van der Waals surface area (Å²) in [6.07, 6.45) is 2.03. The summed E-state index contributed by atoms with van der Waals surface area (Å²) in [5, 5.41) is 24.2. The number of aromatic amines is 1. The van der Waals surface area contributed by atoms with E-state index in [1.165, 1.54) is 22.3 Å². The lowest BCUT2D eigenvalue weighted by Crippen LogP contribution is -2.31. The molecule has 0 fully saturated rings. The van der Waals surface area contributed by atoms with Crippen LogP contribution in [0.1, 0.15) is 15.2 Å². The van der Waals surface area contributed by atoms with Gasteiger partial charge in [-0.3, -0.25) is 4.79 Å². The topological polar surface area (TPSA) is 132 Å². The number of benzene rings is 1. The summed E-state index contributed by atoms with van der Waals surface area (Å²) >= 11 is 1.46. The number of carboxylic acid groups (broad SMARTS) is 2. The van der Waals surface area contributed by atoms with Gasteiger partial charge in [0.05, 0.1) is 4.88 Å². The normalized spacial score (nSPS) is 10.1. The highest BCUT2D eigenvalue weighted by Crippen LogP contribution is 2.17. The van der Waals surface area contributed by atoms with Crippen LogP contribution in [-0.2, 0) is 16.1 Å². The van der Waals surface area contributed by atoms with E-state index in [0.717, 1.165) is 23.5 Å². The van der Waals surface area contributed by atoms with Crippen molar-refractivity contribution in [1.82, 2.24) is 15.6 Å². The van der Waals surface area contributed by atoms with Crippen LogP contribution in [0.2, 0.25) is 0 Å². The van der Waals surface area contributed by atoms with Gasteiger partial charge in [-0.15, -0.1) is 11.3 Å². The number of thiophene rings is 1. The second-order valence-electron chi connectivity index (χ2n) is 5.38. The number of hydrogen-bond acceptors (Lipinski definition) is 5. The Hall–Kier alpha value is -3.17. The number of hydrogen-bond donors (Lipinski definition) is 5. The zero-order valence-electron chi connectivity index (χ0n) is 14.3. The number of para-hydroxylation sites is 1. The highest BCUT2D eigenvalue weighted by molar-refractivity contribution is 7.12. The standard InChI is InChI=1S/C16H17N3OS.C2H2O4/c20-16(15-6-3-9-21-15)18-8-7-17-10-12-11-19-14-5-2-1-4-13(12)14;3-1(4)2(5)6/h1-6,9,11,17,19H,7-8,10H2,(H,18,20);(H,3,4)(H,5,6). The Bertz CT molecular complexity index is 893. The maximum atomic E-state index is 11.7. The third-order valence-electron chi connectivity index (χ3n) is 3.51. The molecule has 2 aromatic heterocycles. The monoisotopic (exact) mass is 389 g/mol. The first-order valence-electron chi connectivity index (χ1n) is 8.02. The van der Waals surface area contributed by atoms with E-state index >= 15 is 0 Å². The van der Waals surface area contributed by atoms with Crippen molar-refractivity contribution in [3.8, 4) is 0 Å². The number of carbonyl (C=O) groups is 3. The predicted molar refractivity (Wildman–Crippen MR) is 102 cm³/mol. The van der Waals surface area contributed by atoms with E-state index in [1.807, 2.05) is 35.8 Å². The van der Waals surface area contributed by atoms with Crippen molar-refractivity contribution < 1.29 is 24.6 Å². The molecule has 0 atom stereocenters. The van der Waals surface area contributed by atoms with Gasteiger partial charge in [0.2, 0.25) is 0 Å². The molecule has 0 unspecified atom stereocenters. The molecule has 0 aliphatic carbocycles. The summed E-state index contributed by atoms with van der Waals surface area (Å²) in [6, 6.07) is 12.0. The largest absolute Gasteiger partial charge is 0.473 e. The van der Waals surface area contributed by atoms with Crippen molar-refractivity contribution in [2.45, 2.75) is 6.54 Å². The minimum Gasteiger partial charge on any atom is -0.473 e. The van der Waals surface area contributed by atoms with Crippen molar-refractivity contribution >= 4 is 40.1 Å². The van der Waals surface area contributed by atoms with Crippen LogP contribution in [0.4, 0.5) is 0 Å². The van der Waals surface area contributed by atoms with Crippen LogP contribution in [0.5, 0.6) is 0 Å². The molecule has 0 spiro atoms. The van der Waals surface area contributed by atoms with Crippen LogP contribution in [-0.4, -0.2) is 46.1 Å². The highest BCUT2D eigenvalue weighted by atomic mass is 32.1. The number of aromatic nitrogens is 1. The fraction of sp³-hybridized carbons (Fsp3) is 0.167. The Kier molecular flexibility index (Phi) is 7.53. The Balaban J connectivity index is 0.000000380. The van der Waals surface area contributed by atoms with Crippen molar-refractivity contribution in [3.05, 3.63) is 58.4 Å². The first-order chi connectivity index (χ1) is 13.0. The van der Waals surface area contributed by atoms with E-state index in [4.69, 9.17) is 19.8 Å². The zero-order valence-corrected chi connectivity index (χ0v) is 15.1. The summed E-state index contributed by atoms with van der Waals surface area (Å²) < 4.78 is 0. The van der Waals surface area contributed by atoms with Gasteiger partial charge in [0, 0.05) is 36.7 Å². The number of rotatable bonds is 6. The minimum atomic E-state index is -1.82. The molecule has 5 N–H and O–H groups in total. The van der Waals surface area contributed by atoms with Crippen LogP contribution in [0, 0.1) is 0 Å². The third kappa shape index (κ3) is 6.24. The van der Waals surface area contributed by atoms with E-state index in [9.17, 15) is 4.79 Å². The van der Waals surface area contributed by atoms with Crippen molar-refractivity contribution in [1.29, 1.82) is 0 Å². The molecular formula is C18H19N3O5S. The highest BCUT2D eigenvalue weighted by Gasteiger charge is 2.05. The second-order valence-corrected chi connectivity index (χ2v) is 6.33. The molecule has 3 aromatic rings. The van der Waals surface area contributed by atoms with E-state index in [0.29, 0.717) is 6.54 Å². The number of H-pyrrole nitrogens is 1. The van der Waals surface area contributed by atoms with Gasteiger partial charge in [-0.05, 0) is 23.1 Å². The number of nitrogens with one attached hydrogen (secondary N) is 3. The fourth-order valence-corrected chi connectivity index (χ4v) is 2.90. The smallest absolute Gasteiger partial charge is 0.414 e. The van der Waals surface area contributed by atoms with Crippen LogP contribution in [0.25, 0.3) is 10.9 Å². The van der Waals surface area contributed by atoms with Gasteiger partial charge in [0.25, 0.3) is 5.91 Å². The summed E-state index contributed by atoms with van der Waals surface area (Å²) in [6.45, 7) is 2.16. The maximum absolute atomic E-state index is 11.7. The van der Waals surface area contributed by atoms with E-state index in [1.54, 1.807) is 0 Å². The van der Waals surface area contributed by atoms with E-state index in [-0.39, 0.29) is 5.91 Å². The van der Waals surface area contributed by atoms with Crippen molar-refractivity contribution in [2.24, 2.45) is 0 Å². The molecule has 0 aliphatic heterocycles. The number of carbonyl (C=O) groups excluding carboxylic acids is 1. The van der Waals surface area contributed by atoms with Crippen molar-refractivity contribution in [3.63, 3.8) is 0 Å². The molecule has 0 bridgehead atoms. The molecule has 9 heteroatoms. The van der Waals surface area contributed by atoms with Gasteiger partial charge in [0.15, 0.2) is 0 Å². The SMILES string of the molecule is O=C(NCCNCc1c[nH]c2ccccc12)c1cccs1.O=C(O)C(=O)O. The van der Waals surface area contributed by atoms with Crippen LogP contribution < -0.4 is 10.6 Å². The lowest BCUT2D eigenvalue weighted by atomic mass is 10.2. The first kappa shape index (κ1) is 20.1. The summed E-state index contributed by atoms with van der Waals surface area (Å²) in [4.78, 5) is 34.0. The predicted octanol–water partition coefficient (Wildman–Crippen LogP) is 1.90. The van der Waals surface area contributed by atoms with Gasteiger partial charge in [-0.25, -0.2) is 9.59 Å². The van der Waals surface area contributed by atoms with Gasteiger partial charge in [0.1, 0.15) is 0 Å². The molecule has 8 nitrogen and oxygen atoms in total. The average Bonchev–Trinajstić information content (AvgIpc) is 3.32. The lowest BCUT2D eigenvalue weighted by Gasteiger charge is -2.05. The molecule has 3 rings (SSSR count). The molecule has 0 aliphatic rings. The number of aliphatic carboxylic acids is 2. The molecule has 0 saturated carbocycles. The average molecular weight is 389 g/mol. The summed E-state index contributed by atoms with van der Waals surface area (Å²) in [5.41, 5.74) is 2.40. The Labute approximate surface area is 158 Å². The van der Waals surface area contributed by atoms with Gasteiger partial charge < -0.3 is 25.8 Å². The molecule has 0 radical (unpaired) electrons. The molecule has 2 heterocycles. The Morgan fingerprint density at radius 1 is 1.00 bits per heavy atom. The summed E-state index contributed by atoms with van der Waals surface area (Å²) in [5.74, 6) is -3.65. The lowest BCUT2D eigenvalue weighted by molar-refractivity contribution is -0.159. The number of amides is 1. The van der Waals surface area contributed by atoms with Crippen LogP contribution in [0.3, 0.4) is 0 Å². The fourth-order valence-electron chi connectivity index (χ4n) is 2.26. The number of fused-ring (bicyclic) bond motifs is 1. The quantitative estimate of drug-likeness (QED) is 0.323. The number of carboxylic acids is 2. The Morgan fingerprint density at radius 3 is 2.41 bits per heavy atom. The molecule has 27 heavy (non-hydrogen) atoms. The van der Waals surface area contributed by atoms with Gasteiger partial charge in [-0.1, -0.05) is 24.3 Å². The molecule has 1 amide bonds. The molecule has 1 aromatic carbocycles. The van der Waals surface area contributed by atoms with Crippen molar-refractivity contribution in [2.75, 3.05) is 13.1 Å². The molecule has 142 valence electrons. The second kappa shape index (κ2) is 10.1. The van der Waals surface area contributed by atoms with Crippen LogP contribution in [0.15, 0.2) is 48.0 Å². The Morgan fingerprint density at radius 2 is 1.74 bits per heavy atom. The molecular weight excluding hydrogens is 370 g/mol. The van der Waals surface area contributed by atoms with Gasteiger partial charge >= 0.3 is 11.9 Å². The minimum absolute atomic E-state index is 0.00102. The third-order valence-corrected chi connectivity index (χ3v) is 4.37. The van der Waals surface area contributed by atoms with Gasteiger partial charge in [-0.2, -0.15) is 0 Å².